The number of amides is 1. The summed E-state index contributed by atoms with van der Waals surface area (Å²) in [6.07, 6.45) is -4.82. The summed E-state index contributed by atoms with van der Waals surface area (Å²) in [4.78, 5) is 22.7. The van der Waals surface area contributed by atoms with Crippen molar-refractivity contribution in [3.8, 4) is 11.4 Å². The molecule has 3 aromatic rings. The smallest absolute Gasteiger partial charge is 0.406 e. The first kappa shape index (κ1) is 19.9. The molecule has 0 saturated carbocycles. The fourth-order valence-corrected chi connectivity index (χ4v) is 2.50. The Morgan fingerprint density at radius 3 is 2.31 bits per heavy atom. The Morgan fingerprint density at radius 2 is 1.76 bits per heavy atom. The van der Waals surface area contributed by atoms with Crippen LogP contribution in [0.4, 0.5) is 24.7 Å². The van der Waals surface area contributed by atoms with E-state index in [0.717, 1.165) is 12.1 Å². The van der Waals surface area contributed by atoms with Gasteiger partial charge in [-0.25, -0.2) is 4.68 Å². The highest BCUT2D eigenvalue weighted by Gasteiger charge is 2.31. The van der Waals surface area contributed by atoms with E-state index in [-0.39, 0.29) is 17.1 Å². The summed E-state index contributed by atoms with van der Waals surface area (Å²) in [7, 11) is 0. The van der Waals surface area contributed by atoms with Gasteiger partial charge in [0.1, 0.15) is 11.6 Å². The SMILES string of the molecule is Cc1cc(NC(=O)c2ccc(OC(F)(F)F)cc2)n(-c2ccc([N+](=O)[O-])cc2)n1. The Balaban J connectivity index is 1.80. The molecule has 0 spiro atoms. The minimum atomic E-state index is -4.82. The number of non-ortho nitro benzene ring substituents is 1. The van der Waals surface area contributed by atoms with Gasteiger partial charge >= 0.3 is 6.36 Å². The van der Waals surface area contributed by atoms with Crippen LogP contribution in [0.25, 0.3) is 5.69 Å². The van der Waals surface area contributed by atoms with E-state index in [1.807, 2.05) is 0 Å². The topological polar surface area (TPSA) is 99.3 Å². The van der Waals surface area contributed by atoms with Crippen LogP contribution in [0.15, 0.2) is 54.6 Å². The van der Waals surface area contributed by atoms with Crippen LogP contribution in [0, 0.1) is 17.0 Å². The number of rotatable bonds is 5. The quantitative estimate of drug-likeness (QED) is 0.505. The van der Waals surface area contributed by atoms with Crippen LogP contribution >= 0.6 is 0 Å². The molecule has 0 aliphatic carbocycles. The maximum atomic E-state index is 12.4. The Bertz CT molecular complexity index is 1040. The third kappa shape index (κ3) is 4.89. The van der Waals surface area contributed by atoms with E-state index in [9.17, 15) is 28.1 Å². The van der Waals surface area contributed by atoms with Gasteiger partial charge < -0.3 is 10.1 Å². The van der Waals surface area contributed by atoms with Gasteiger partial charge in [-0.05, 0) is 43.3 Å². The molecule has 1 aromatic heterocycles. The standard InChI is InChI=1S/C18H13F3N4O4/c1-11-10-16(24(23-11)13-4-6-14(7-5-13)25(27)28)22-17(26)12-2-8-15(9-3-12)29-18(19,20)21/h2-10H,1H3,(H,22,26). The molecule has 8 nitrogen and oxygen atoms in total. The van der Waals surface area contributed by atoms with Crippen molar-refractivity contribution in [2.75, 3.05) is 5.32 Å². The number of carbonyl (C=O) groups excluding carboxylic acids is 1. The van der Waals surface area contributed by atoms with Crippen LogP contribution in [0.1, 0.15) is 16.1 Å². The number of hydrogen-bond donors (Lipinski definition) is 1. The Labute approximate surface area is 161 Å². The second-order valence-corrected chi connectivity index (χ2v) is 5.88. The predicted molar refractivity (Wildman–Crippen MR) is 96.0 cm³/mol. The predicted octanol–water partition coefficient (Wildman–Crippen LogP) is 4.24. The number of benzene rings is 2. The molecule has 0 saturated heterocycles. The monoisotopic (exact) mass is 406 g/mol. The van der Waals surface area contributed by atoms with Crippen LogP contribution in [0.2, 0.25) is 0 Å². The average Bonchev–Trinajstić information content (AvgIpc) is 3.01. The first-order valence-electron chi connectivity index (χ1n) is 8.11. The van der Waals surface area contributed by atoms with Gasteiger partial charge in [0, 0.05) is 23.8 Å². The number of halogens is 3. The van der Waals surface area contributed by atoms with Gasteiger partial charge in [-0.1, -0.05) is 0 Å². The van der Waals surface area contributed by atoms with E-state index < -0.39 is 22.9 Å². The second-order valence-electron chi connectivity index (χ2n) is 5.88. The third-order valence-electron chi connectivity index (χ3n) is 3.73. The molecule has 0 fully saturated rings. The van der Waals surface area contributed by atoms with E-state index >= 15 is 0 Å². The molecule has 0 aliphatic rings. The molecule has 0 radical (unpaired) electrons. The van der Waals surface area contributed by atoms with Gasteiger partial charge in [0.25, 0.3) is 11.6 Å². The van der Waals surface area contributed by atoms with Crippen LogP contribution in [0.3, 0.4) is 0 Å². The lowest BCUT2D eigenvalue weighted by molar-refractivity contribution is -0.384. The molecule has 3 rings (SSSR count). The summed E-state index contributed by atoms with van der Waals surface area (Å²) >= 11 is 0. The third-order valence-corrected chi connectivity index (χ3v) is 3.73. The maximum Gasteiger partial charge on any atom is 0.573 e. The number of nitrogens with zero attached hydrogens (tertiary/aromatic N) is 3. The highest BCUT2D eigenvalue weighted by atomic mass is 19.4. The summed E-state index contributed by atoms with van der Waals surface area (Å²) < 4.78 is 41.8. The number of aromatic nitrogens is 2. The van der Waals surface area contributed by atoms with Crippen LogP contribution < -0.4 is 10.1 Å². The molecular formula is C18H13F3N4O4. The molecule has 29 heavy (non-hydrogen) atoms. The number of alkyl halides is 3. The van der Waals surface area contributed by atoms with Gasteiger partial charge in [0.05, 0.1) is 16.3 Å². The number of carbonyl (C=O) groups is 1. The molecule has 0 atom stereocenters. The van der Waals surface area contributed by atoms with Crippen molar-refractivity contribution in [2.45, 2.75) is 13.3 Å². The first-order valence-corrected chi connectivity index (χ1v) is 8.11. The number of hydrogen-bond acceptors (Lipinski definition) is 5. The first-order chi connectivity index (χ1) is 13.6. The number of nitro groups is 1. The average molecular weight is 406 g/mol. The van der Waals surface area contributed by atoms with Crippen molar-refractivity contribution < 1.29 is 27.6 Å². The van der Waals surface area contributed by atoms with Crippen molar-refractivity contribution >= 4 is 17.4 Å². The van der Waals surface area contributed by atoms with Crippen LogP contribution in [0.5, 0.6) is 5.75 Å². The minimum absolute atomic E-state index is 0.0932. The molecular weight excluding hydrogens is 393 g/mol. The van der Waals surface area contributed by atoms with E-state index in [1.165, 1.54) is 41.1 Å². The van der Waals surface area contributed by atoms with Crippen molar-refractivity contribution in [1.29, 1.82) is 0 Å². The second kappa shape index (κ2) is 7.62. The van der Waals surface area contributed by atoms with Gasteiger partial charge in [-0.15, -0.1) is 13.2 Å². The lowest BCUT2D eigenvalue weighted by Crippen LogP contribution is -2.18. The van der Waals surface area contributed by atoms with Crippen LogP contribution in [-0.4, -0.2) is 27.0 Å². The zero-order valence-corrected chi connectivity index (χ0v) is 14.8. The van der Waals surface area contributed by atoms with E-state index in [1.54, 1.807) is 13.0 Å². The molecule has 150 valence electrons. The van der Waals surface area contributed by atoms with Crippen molar-refractivity contribution in [3.63, 3.8) is 0 Å². The maximum absolute atomic E-state index is 12.4. The Kier molecular flexibility index (Phi) is 5.22. The molecule has 1 heterocycles. The zero-order chi connectivity index (χ0) is 21.2. The normalized spacial score (nSPS) is 11.2. The largest absolute Gasteiger partial charge is 0.573 e. The fraction of sp³-hybridized carbons (Fsp3) is 0.111. The summed E-state index contributed by atoms with van der Waals surface area (Å²) in [5.41, 5.74) is 1.07. The zero-order valence-electron chi connectivity index (χ0n) is 14.8. The number of ether oxygens (including phenoxy) is 1. The van der Waals surface area contributed by atoms with Crippen molar-refractivity contribution in [3.05, 3.63) is 76.0 Å². The summed E-state index contributed by atoms with van der Waals surface area (Å²) in [5, 5.41) is 17.6. The Morgan fingerprint density at radius 1 is 1.14 bits per heavy atom. The van der Waals surface area contributed by atoms with Gasteiger partial charge in [0.15, 0.2) is 0 Å². The molecule has 2 aromatic carbocycles. The minimum Gasteiger partial charge on any atom is -0.406 e. The van der Waals surface area contributed by atoms with Gasteiger partial charge in [-0.2, -0.15) is 5.10 Å². The van der Waals surface area contributed by atoms with Crippen LogP contribution in [-0.2, 0) is 0 Å². The number of anilines is 1. The summed E-state index contributed by atoms with van der Waals surface area (Å²) in [6.45, 7) is 1.70. The lowest BCUT2D eigenvalue weighted by Gasteiger charge is -2.10. The molecule has 0 aliphatic heterocycles. The highest BCUT2D eigenvalue weighted by molar-refractivity contribution is 6.04. The summed E-state index contributed by atoms with van der Waals surface area (Å²) in [6, 6.07) is 11.6. The van der Waals surface area contributed by atoms with E-state index in [0.29, 0.717) is 11.4 Å². The lowest BCUT2D eigenvalue weighted by atomic mass is 10.2. The van der Waals surface area contributed by atoms with Gasteiger partial charge in [-0.3, -0.25) is 14.9 Å². The molecule has 1 amide bonds. The molecule has 1 N–H and O–H groups in total. The van der Waals surface area contributed by atoms with Crippen molar-refractivity contribution in [1.82, 2.24) is 9.78 Å². The van der Waals surface area contributed by atoms with Gasteiger partial charge in [0.2, 0.25) is 0 Å². The van der Waals surface area contributed by atoms with E-state index in [2.05, 4.69) is 15.2 Å². The summed E-state index contributed by atoms with van der Waals surface area (Å²) in [5.74, 6) is -0.732. The number of nitrogens with one attached hydrogen (secondary N) is 1. The fourth-order valence-electron chi connectivity index (χ4n) is 2.50. The Hall–Kier alpha value is -3.89. The van der Waals surface area contributed by atoms with Crippen molar-refractivity contribution in [2.24, 2.45) is 0 Å². The molecule has 11 heteroatoms. The number of aryl methyl sites for hydroxylation is 1. The highest BCUT2D eigenvalue weighted by Crippen LogP contribution is 2.24. The molecule has 0 bridgehead atoms. The van der Waals surface area contributed by atoms with E-state index in [4.69, 9.17) is 0 Å². The number of nitro benzene ring substituents is 1. The molecule has 0 unspecified atom stereocenters.